The van der Waals surface area contributed by atoms with E-state index in [-0.39, 0.29) is 5.91 Å². The van der Waals surface area contributed by atoms with Gasteiger partial charge in [0.25, 0.3) is 0 Å². The van der Waals surface area contributed by atoms with Crippen LogP contribution >= 0.6 is 11.8 Å². The molecular formula is C14H19NO2S. The third-order valence-corrected chi connectivity index (χ3v) is 3.13. The predicted octanol–water partition coefficient (Wildman–Crippen LogP) is 2.87. The van der Waals surface area contributed by atoms with Crippen molar-refractivity contribution in [1.29, 1.82) is 0 Å². The molecule has 0 atom stereocenters. The monoisotopic (exact) mass is 265 g/mol. The number of nitrogens with one attached hydrogen (secondary N) is 1. The fourth-order valence-electron chi connectivity index (χ4n) is 1.37. The van der Waals surface area contributed by atoms with Gasteiger partial charge in [0.2, 0.25) is 5.91 Å². The Morgan fingerprint density at radius 2 is 2.11 bits per heavy atom. The van der Waals surface area contributed by atoms with Crippen molar-refractivity contribution < 1.29 is 9.53 Å². The van der Waals surface area contributed by atoms with Gasteiger partial charge >= 0.3 is 0 Å². The molecular weight excluding hydrogens is 246 g/mol. The van der Waals surface area contributed by atoms with Crippen LogP contribution in [0.15, 0.2) is 41.8 Å². The van der Waals surface area contributed by atoms with Crippen LogP contribution in [0.1, 0.15) is 12.8 Å². The van der Waals surface area contributed by atoms with Gasteiger partial charge in [0, 0.05) is 11.4 Å². The molecule has 0 aliphatic heterocycles. The molecule has 0 fully saturated rings. The molecule has 0 saturated carbocycles. The Morgan fingerprint density at radius 1 is 1.39 bits per heavy atom. The summed E-state index contributed by atoms with van der Waals surface area (Å²) < 4.78 is 5.60. The van der Waals surface area contributed by atoms with E-state index in [1.807, 2.05) is 30.5 Å². The van der Waals surface area contributed by atoms with Gasteiger partial charge in [-0.05, 0) is 49.4 Å². The molecule has 1 rings (SSSR count). The highest BCUT2D eigenvalue weighted by Crippen LogP contribution is 2.18. The van der Waals surface area contributed by atoms with Crippen molar-refractivity contribution in [2.45, 2.75) is 17.7 Å². The lowest BCUT2D eigenvalue weighted by atomic mass is 10.3. The SMILES string of the molecule is C=CC(=O)NCCCCOc1ccc(SC)cc1. The zero-order valence-corrected chi connectivity index (χ0v) is 11.5. The van der Waals surface area contributed by atoms with Crippen LogP contribution in [0.3, 0.4) is 0 Å². The molecule has 0 heterocycles. The van der Waals surface area contributed by atoms with Crippen LogP contribution in [0.25, 0.3) is 0 Å². The van der Waals surface area contributed by atoms with Gasteiger partial charge in [-0.25, -0.2) is 0 Å². The molecule has 0 aliphatic rings. The van der Waals surface area contributed by atoms with Gasteiger partial charge in [0.05, 0.1) is 6.61 Å². The zero-order chi connectivity index (χ0) is 13.2. The minimum Gasteiger partial charge on any atom is -0.494 e. The first kappa shape index (κ1) is 14.6. The number of ether oxygens (including phenoxy) is 1. The van der Waals surface area contributed by atoms with Crippen LogP contribution in [0.5, 0.6) is 5.75 Å². The van der Waals surface area contributed by atoms with E-state index in [2.05, 4.69) is 11.9 Å². The Balaban J connectivity index is 2.10. The molecule has 0 spiro atoms. The van der Waals surface area contributed by atoms with E-state index >= 15 is 0 Å². The number of amides is 1. The summed E-state index contributed by atoms with van der Waals surface area (Å²) in [4.78, 5) is 12.1. The van der Waals surface area contributed by atoms with Crippen molar-refractivity contribution >= 4 is 17.7 Å². The van der Waals surface area contributed by atoms with Crippen LogP contribution < -0.4 is 10.1 Å². The van der Waals surface area contributed by atoms with E-state index in [1.165, 1.54) is 11.0 Å². The molecule has 0 bridgehead atoms. The molecule has 0 aromatic heterocycles. The third-order valence-electron chi connectivity index (χ3n) is 2.38. The summed E-state index contributed by atoms with van der Waals surface area (Å²) in [6.07, 6.45) is 5.15. The summed E-state index contributed by atoms with van der Waals surface area (Å²) in [5.41, 5.74) is 0. The molecule has 98 valence electrons. The van der Waals surface area contributed by atoms with Crippen LogP contribution in [0, 0.1) is 0 Å². The van der Waals surface area contributed by atoms with Crippen LogP contribution in [-0.4, -0.2) is 25.3 Å². The summed E-state index contributed by atoms with van der Waals surface area (Å²) >= 11 is 1.71. The van der Waals surface area contributed by atoms with Crippen molar-refractivity contribution in [3.05, 3.63) is 36.9 Å². The lowest BCUT2D eigenvalue weighted by molar-refractivity contribution is -0.116. The second-order valence-electron chi connectivity index (χ2n) is 3.73. The number of carbonyl (C=O) groups excluding carboxylic acids is 1. The Morgan fingerprint density at radius 3 is 2.72 bits per heavy atom. The van der Waals surface area contributed by atoms with Gasteiger partial charge in [0.1, 0.15) is 5.75 Å². The maximum Gasteiger partial charge on any atom is 0.243 e. The minimum atomic E-state index is -0.122. The molecule has 4 heteroatoms. The Kier molecular flexibility index (Phi) is 7.03. The highest BCUT2D eigenvalue weighted by molar-refractivity contribution is 7.98. The quantitative estimate of drug-likeness (QED) is 0.446. The Bertz CT molecular complexity index is 376. The third kappa shape index (κ3) is 5.77. The number of unbranched alkanes of at least 4 members (excludes halogenated alkanes) is 1. The van der Waals surface area contributed by atoms with Gasteiger partial charge in [-0.2, -0.15) is 0 Å². The maximum absolute atomic E-state index is 10.9. The largest absolute Gasteiger partial charge is 0.494 e. The van der Waals surface area contributed by atoms with E-state index in [0.29, 0.717) is 13.2 Å². The average molecular weight is 265 g/mol. The smallest absolute Gasteiger partial charge is 0.243 e. The average Bonchev–Trinajstić information content (AvgIpc) is 2.43. The Labute approximate surface area is 113 Å². The van der Waals surface area contributed by atoms with Crippen LogP contribution in [-0.2, 0) is 4.79 Å². The highest BCUT2D eigenvalue weighted by Gasteiger charge is 1.96. The summed E-state index contributed by atoms with van der Waals surface area (Å²) in [5, 5.41) is 2.73. The van der Waals surface area contributed by atoms with Crippen molar-refractivity contribution in [2.24, 2.45) is 0 Å². The summed E-state index contributed by atoms with van der Waals surface area (Å²) in [6, 6.07) is 8.05. The van der Waals surface area contributed by atoms with E-state index in [1.54, 1.807) is 11.8 Å². The molecule has 1 N–H and O–H groups in total. The predicted molar refractivity (Wildman–Crippen MR) is 76.2 cm³/mol. The topological polar surface area (TPSA) is 38.3 Å². The van der Waals surface area contributed by atoms with Gasteiger partial charge < -0.3 is 10.1 Å². The molecule has 3 nitrogen and oxygen atoms in total. The minimum absolute atomic E-state index is 0.122. The van der Waals surface area contributed by atoms with Crippen LogP contribution in [0.4, 0.5) is 0 Å². The first-order valence-electron chi connectivity index (χ1n) is 5.93. The molecule has 1 aromatic carbocycles. The van der Waals surface area contributed by atoms with Crippen LogP contribution in [0.2, 0.25) is 0 Å². The first-order valence-corrected chi connectivity index (χ1v) is 7.16. The van der Waals surface area contributed by atoms with E-state index in [0.717, 1.165) is 18.6 Å². The standard InChI is InChI=1S/C14H19NO2S/c1-3-14(16)15-10-4-5-11-17-12-6-8-13(18-2)9-7-12/h3,6-9H,1,4-5,10-11H2,2H3,(H,15,16). The second-order valence-corrected chi connectivity index (χ2v) is 4.61. The summed E-state index contributed by atoms with van der Waals surface area (Å²) in [5.74, 6) is 0.770. The molecule has 0 unspecified atom stereocenters. The molecule has 0 saturated heterocycles. The van der Waals surface area contributed by atoms with E-state index < -0.39 is 0 Å². The van der Waals surface area contributed by atoms with E-state index in [4.69, 9.17) is 4.74 Å². The molecule has 0 aliphatic carbocycles. The fourth-order valence-corrected chi connectivity index (χ4v) is 1.78. The lowest BCUT2D eigenvalue weighted by Crippen LogP contribution is -2.22. The molecule has 1 amide bonds. The number of hydrogen-bond acceptors (Lipinski definition) is 3. The van der Waals surface area contributed by atoms with Crippen molar-refractivity contribution in [3.8, 4) is 5.75 Å². The number of carbonyl (C=O) groups is 1. The second kappa shape index (κ2) is 8.64. The molecule has 18 heavy (non-hydrogen) atoms. The highest BCUT2D eigenvalue weighted by atomic mass is 32.2. The number of benzene rings is 1. The maximum atomic E-state index is 10.9. The molecule has 0 radical (unpaired) electrons. The van der Waals surface area contributed by atoms with Crippen molar-refractivity contribution in [1.82, 2.24) is 5.32 Å². The van der Waals surface area contributed by atoms with Gasteiger partial charge in [-0.15, -0.1) is 11.8 Å². The number of hydrogen-bond donors (Lipinski definition) is 1. The molecule has 1 aromatic rings. The van der Waals surface area contributed by atoms with Crippen molar-refractivity contribution in [2.75, 3.05) is 19.4 Å². The van der Waals surface area contributed by atoms with Gasteiger partial charge in [-0.1, -0.05) is 6.58 Å². The number of rotatable bonds is 8. The summed E-state index contributed by atoms with van der Waals surface area (Å²) in [7, 11) is 0. The first-order chi connectivity index (χ1) is 8.76. The van der Waals surface area contributed by atoms with Gasteiger partial charge in [-0.3, -0.25) is 4.79 Å². The number of thioether (sulfide) groups is 1. The summed E-state index contributed by atoms with van der Waals surface area (Å²) in [6.45, 7) is 4.73. The lowest BCUT2D eigenvalue weighted by Gasteiger charge is -2.07. The zero-order valence-electron chi connectivity index (χ0n) is 10.6. The van der Waals surface area contributed by atoms with Gasteiger partial charge in [0.15, 0.2) is 0 Å². The normalized spacial score (nSPS) is 9.83. The van der Waals surface area contributed by atoms with E-state index in [9.17, 15) is 4.79 Å². The Hall–Kier alpha value is -1.42. The fraction of sp³-hybridized carbons (Fsp3) is 0.357. The van der Waals surface area contributed by atoms with Crippen molar-refractivity contribution in [3.63, 3.8) is 0 Å².